The lowest BCUT2D eigenvalue weighted by atomic mass is 10.0. The molecule has 4 rings (SSSR count). The zero-order valence-electron chi connectivity index (χ0n) is 19.7. The number of anilines is 2. The SMILES string of the molecule is CCc1nn(-c2ncccc2C)c(Nc2ccc(OC(F)(F)F)cc2C(=O)O)c1-c1cccc(C#N)c1. The molecule has 8 nitrogen and oxygen atoms in total. The van der Waals surface area contributed by atoms with Gasteiger partial charge in [-0.05, 0) is 60.9 Å². The van der Waals surface area contributed by atoms with Crippen LogP contribution in [0.3, 0.4) is 0 Å². The number of carboxylic acids is 1. The number of alkyl halides is 3. The first-order valence-electron chi connectivity index (χ1n) is 11.1. The fourth-order valence-corrected chi connectivity index (χ4v) is 3.86. The lowest BCUT2D eigenvalue weighted by molar-refractivity contribution is -0.274. The Morgan fingerprint density at radius 2 is 1.97 bits per heavy atom. The Labute approximate surface area is 209 Å². The Balaban J connectivity index is 1.95. The van der Waals surface area contributed by atoms with Crippen LogP contribution in [-0.2, 0) is 6.42 Å². The van der Waals surface area contributed by atoms with Crippen molar-refractivity contribution in [1.82, 2.24) is 14.8 Å². The number of rotatable bonds is 7. The van der Waals surface area contributed by atoms with Gasteiger partial charge in [-0.3, -0.25) is 0 Å². The second-order valence-electron chi connectivity index (χ2n) is 7.96. The Kier molecular flexibility index (Phi) is 6.84. The van der Waals surface area contributed by atoms with Crippen LogP contribution in [0.25, 0.3) is 16.9 Å². The van der Waals surface area contributed by atoms with Gasteiger partial charge in [0.1, 0.15) is 11.6 Å². The van der Waals surface area contributed by atoms with Crippen molar-refractivity contribution in [3.05, 3.63) is 83.2 Å². The van der Waals surface area contributed by atoms with Crippen LogP contribution in [0.1, 0.15) is 34.1 Å². The summed E-state index contributed by atoms with van der Waals surface area (Å²) in [5.74, 6) is -1.32. The van der Waals surface area contributed by atoms with Crippen molar-refractivity contribution in [2.75, 3.05) is 5.32 Å². The maximum atomic E-state index is 12.7. The summed E-state index contributed by atoms with van der Waals surface area (Å²) in [4.78, 5) is 16.4. The van der Waals surface area contributed by atoms with Crippen molar-refractivity contribution in [3.63, 3.8) is 0 Å². The predicted molar refractivity (Wildman–Crippen MR) is 129 cm³/mol. The van der Waals surface area contributed by atoms with Crippen LogP contribution < -0.4 is 10.1 Å². The van der Waals surface area contributed by atoms with Gasteiger partial charge in [0.15, 0.2) is 5.82 Å². The summed E-state index contributed by atoms with van der Waals surface area (Å²) in [5.41, 5.74) is 2.63. The van der Waals surface area contributed by atoms with Crippen LogP contribution in [0.4, 0.5) is 24.7 Å². The van der Waals surface area contributed by atoms with Gasteiger partial charge in [-0.1, -0.05) is 25.1 Å². The van der Waals surface area contributed by atoms with Crippen molar-refractivity contribution in [2.45, 2.75) is 26.6 Å². The number of nitrogens with zero attached hydrogens (tertiary/aromatic N) is 4. The molecule has 0 amide bonds. The second-order valence-corrected chi connectivity index (χ2v) is 7.96. The molecule has 0 aliphatic rings. The molecule has 188 valence electrons. The van der Waals surface area contributed by atoms with Gasteiger partial charge >= 0.3 is 12.3 Å². The third-order valence-corrected chi connectivity index (χ3v) is 5.46. The molecular weight excluding hydrogens is 487 g/mol. The number of nitrogens with one attached hydrogen (secondary N) is 1. The number of carboxylic acid groups (broad SMARTS) is 1. The number of hydrogen-bond acceptors (Lipinski definition) is 6. The molecule has 0 saturated carbocycles. The topological polar surface area (TPSA) is 113 Å². The van der Waals surface area contributed by atoms with E-state index in [9.17, 15) is 28.3 Å². The normalized spacial score (nSPS) is 11.1. The number of nitriles is 1. The average molecular weight is 507 g/mol. The number of aromatic carboxylic acids is 1. The highest BCUT2D eigenvalue weighted by atomic mass is 19.4. The number of pyridine rings is 1. The van der Waals surface area contributed by atoms with Gasteiger partial charge in [-0.2, -0.15) is 15.0 Å². The fourth-order valence-electron chi connectivity index (χ4n) is 3.86. The molecule has 4 aromatic rings. The maximum Gasteiger partial charge on any atom is 0.573 e. The summed E-state index contributed by atoms with van der Waals surface area (Å²) in [6.07, 6.45) is -2.90. The van der Waals surface area contributed by atoms with Gasteiger partial charge in [-0.15, -0.1) is 13.2 Å². The van der Waals surface area contributed by atoms with E-state index in [4.69, 9.17) is 5.10 Å². The summed E-state index contributed by atoms with van der Waals surface area (Å²) in [7, 11) is 0. The number of benzene rings is 2. The summed E-state index contributed by atoms with van der Waals surface area (Å²) in [6, 6.07) is 15.5. The second kappa shape index (κ2) is 10.0. The third-order valence-electron chi connectivity index (χ3n) is 5.46. The molecule has 0 saturated heterocycles. The lowest BCUT2D eigenvalue weighted by Gasteiger charge is -2.16. The van der Waals surface area contributed by atoms with Gasteiger partial charge in [0.05, 0.1) is 28.6 Å². The molecule has 0 fully saturated rings. The van der Waals surface area contributed by atoms with Crippen LogP contribution in [0.15, 0.2) is 60.8 Å². The average Bonchev–Trinajstić information content (AvgIpc) is 3.22. The number of hydrogen-bond donors (Lipinski definition) is 2. The molecular formula is C26H20F3N5O3. The van der Waals surface area contributed by atoms with Crippen molar-refractivity contribution in [3.8, 4) is 28.8 Å². The molecule has 0 spiro atoms. The van der Waals surface area contributed by atoms with E-state index in [0.717, 1.165) is 17.7 Å². The van der Waals surface area contributed by atoms with Crippen molar-refractivity contribution < 1.29 is 27.8 Å². The van der Waals surface area contributed by atoms with Gasteiger partial charge in [0.2, 0.25) is 0 Å². The minimum absolute atomic E-state index is 0.0112. The van der Waals surface area contributed by atoms with Gasteiger partial charge in [0.25, 0.3) is 0 Å². The third kappa shape index (κ3) is 5.38. The zero-order chi connectivity index (χ0) is 26.7. The van der Waals surface area contributed by atoms with Crippen LogP contribution >= 0.6 is 0 Å². The molecule has 2 aromatic carbocycles. The molecule has 2 heterocycles. The number of carbonyl (C=O) groups is 1. The number of aromatic nitrogens is 3. The fraction of sp³-hybridized carbons (Fsp3) is 0.154. The van der Waals surface area contributed by atoms with E-state index in [1.54, 1.807) is 36.5 Å². The van der Waals surface area contributed by atoms with E-state index in [0.29, 0.717) is 40.4 Å². The minimum Gasteiger partial charge on any atom is -0.478 e. The summed E-state index contributed by atoms with van der Waals surface area (Å²) >= 11 is 0. The molecule has 0 aliphatic heterocycles. The van der Waals surface area contributed by atoms with Crippen molar-refractivity contribution >= 4 is 17.5 Å². The lowest BCUT2D eigenvalue weighted by Crippen LogP contribution is -2.17. The van der Waals surface area contributed by atoms with E-state index in [1.807, 2.05) is 19.9 Å². The van der Waals surface area contributed by atoms with Crippen LogP contribution in [0.5, 0.6) is 5.75 Å². The molecule has 0 unspecified atom stereocenters. The van der Waals surface area contributed by atoms with Gasteiger partial charge in [0, 0.05) is 11.8 Å². The van der Waals surface area contributed by atoms with Crippen LogP contribution in [0.2, 0.25) is 0 Å². The van der Waals surface area contributed by atoms with E-state index >= 15 is 0 Å². The summed E-state index contributed by atoms with van der Waals surface area (Å²) in [6.45, 7) is 3.73. The predicted octanol–water partition coefficient (Wildman–Crippen LogP) is 6.02. The van der Waals surface area contributed by atoms with E-state index in [-0.39, 0.29) is 5.69 Å². The molecule has 2 N–H and O–H groups in total. The van der Waals surface area contributed by atoms with Gasteiger partial charge in [-0.25, -0.2) is 9.78 Å². The van der Waals surface area contributed by atoms with Crippen LogP contribution in [0, 0.1) is 18.3 Å². The summed E-state index contributed by atoms with van der Waals surface area (Å²) < 4.78 is 43.6. The number of ether oxygens (including phenoxy) is 1. The summed E-state index contributed by atoms with van der Waals surface area (Å²) in [5, 5.41) is 26.9. The Hall–Kier alpha value is -4.85. The Morgan fingerprint density at radius 1 is 1.19 bits per heavy atom. The molecule has 2 aromatic heterocycles. The van der Waals surface area contributed by atoms with E-state index in [1.165, 1.54) is 10.7 Å². The minimum atomic E-state index is -4.98. The molecule has 11 heteroatoms. The quantitative estimate of drug-likeness (QED) is 0.315. The first-order valence-corrected chi connectivity index (χ1v) is 11.1. The first-order chi connectivity index (χ1) is 17.6. The highest BCUT2D eigenvalue weighted by molar-refractivity contribution is 5.96. The highest BCUT2D eigenvalue weighted by Gasteiger charge is 2.32. The molecule has 0 radical (unpaired) electrons. The maximum absolute atomic E-state index is 12.7. The largest absolute Gasteiger partial charge is 0.573 e. The highest BCUT2D eigenvalue weighted by Crippen LogP contribution is 2.38. The van der Waals surface area contributed by atoms with Crippen molar-refractivity contribution in [1.29, 1.82) is 5.26 Å². The molecule has 0 aliphatic carbocycles. The smallest absolute Gasteiger partial charge is 0.478 e. The van der Waals surface area contributed by atoms with Crippen LogP contribution in [-0.4, -0.2) is 32.2 Å². The molecule has 0 atom stereocenters. The van der Waals surface area contributed by atoms with E-state index < -0.39 is 23.6 Å². The molecule has 0 bridgehead atoms. The van der Waals surface area contributed by atoms with E-state index in [2.05, 4.69) is 21.1 Å². The number of halogens is 3. The first kappa shape index (κ1) is 25.2. The monoisotopic (exact) mass is 507 g/mol. The standard InChI is InChI=1S/C26H20F3N5O3/c1-3-20-22(17-8-4-7-16(12-17)14-30)24(34(33-20)23-15(2)6-5-11-31-23)32-21-10-9-18(37-26(27,28)29)13-19(21)25(35)36/h4-13,32H,3H2,1-2H3,(H,35,36). The van der Waals surface area contributed by atoms with Crippen molar-refractivity contribution in [2.24, 2.45) is 0 Å². The Morgan fingerprint density at radius 3 is 2.62 bits per heavy atom. The zero-order valence-corrected chi connectivity index (χ0v) is 19.7. The van der Waals surface area contributed by atoms with Gasteiger partial charge < -0.3 is 15.2 Å². The number of aryl methyl sites for hydroxylation is 2. The molecule has 37 heavy (non-hydrogen) atoms. The Bertz CT molecular complexity index is 1520.